The van der Waals surface area contributed by atoms with Crippen LogP contribution in [0, 0.1) is 0 Å². The van der Waals surface area contributed by atoms with E-state index >= 15 is 0 Å². The van der Waals surface area contributed by atoms with Crippen LogP contribution in [0.3, 0.4) is 0 Å². The number of carbonyl (C=O) groups is 1. The number of ether oxygens (including phenoxy) is 1. The third-order valence-corrected chi connectivity index (χ3v) is 3.28. The molecule has 2 rings (SSSR count). The Morgan fingerprint density at radius 3 is 2.68 bits per heavy atom. The molecule has 1 fully saturated rings. The van der Waals surface area contributed by atoms with Gasteiger partial charge < -0.3 is 15.4 Å². The molecule has 104 valence electrons. The minimum Gasteiger partial charge on any atom is -0.444 e. The van der Waals surface area contributed by atoms with Crippen LogP contribution in [-0.2, 0) is 4.74 Å². The molecule has 0 radical (unpaired) electrons. The van der Waals surface area contributed by atoms with Gasteiger partial charge in [0.15, 0.2) is 0 Å². The van der Waals surface area contributed by atoms with Crippen molar-refractivity contribution in [3.05, 3.63) is 29.8 Å². The maximum absolute atomic E-state index is 12.0. The van der Waals surface area contributed by atoms with Crippen LogP contribution in [0.1, 0.15) is 38.7 Å². The number of nitrogens with two attached hydrogens (primary N) is 1. The molecular weight excluding hydrogens is 240 g/mol. The molecule has 1 amide bonds. The number of hydrogen-bond donors (Lipinski definition) is 1. The lowest BCUT2D eigenvalue weighted by molar-refractivity contribution is 0.0292. The lowest BCUT2D eigenvalue weighted by Crippen LogP contribution is -2.35. The summed E-state index contributed by atoms with van der Waals surface area (Å²) in [5.41, 5.74) is 7.48. The quantitative estimate of drug-likeness (QED) is 0.791. The molecule has 0 aliphatic carbocycles. The average molecular weight is 262 g/mol. The summed E-state index contributed by atoms with van der Waals surface area (Å²) in [6.45, 7) is 7.06. The summed E-state index contributed by atoms with van der Waals surface area (Å²) in [7, 11) is 0. The Kier molecular flexibility index (Phi) is 3.69. The van der Waals surface area contributed by atoms with E-state index in [1.165, 1.54) is 0 Å². The largest absolute Gasteiger partial charge is 0.444 e. The van der Waals surface area contributed by atoms with E-state index in [0.717, 1.165) is 24.2 Å². The molecule has 0 aromatic heterocycles. The second kappa shape index (κ2) is 5.11. The Bertz CT molecular complexity index is 465. The van der Waals surface area contributed by atoms with Crippen molar-refractivity contribution in [3.8, 4) is 0 Å². The number of nitrogens with zero attached hydrogens (tertiary/aromatic N) is 1. The van der Waals surface area contributed by atoms with Crippen LogP contribution in [-0.4, -0.2) is 29.7 Å². The second-order valence-corrected chi connectivity index (χ2v) is 6.04. The number of hydrogen-bond acceptors (Lipinski definition) is 3. The first-order valence-corrected chi connectivity index (χ1v) is 6.69. The van der Waals surface area contributed by atoms with Crippen molar-refractivity contribution in [2.75, 3.05) is 18.8 Å². The molecule has 1 aliphatic heterocycles. The van der Waals surface area contributed by atoms with Crippen LogP contribution in [0.4, 0.5) is 10.5 Å². The highest BCUT2D eigenvalue weighted by molar-refractivity contribution is 5.69. The van der Waals surface area contributed by atoms with E-state index in [0.29, 0.717) is 12.5 Å². The SMILES string of the molecule is CC(C)(C)OC(=O)N1CC[C@@H](c2ccccc2N)C1. The fraction of sp³-hybridized carbons (Fsp3) is 0.533. The van der Waals surface area contributed by atoms with E-state index in [2.05, 4.69) is 0 Å². The third kappa shape index (κ3) is 3.40. The van der Waals surface area contributed by atoms with Crippen LogP contribution in [0.15, 0.2) is 24.3 Å². The van der Waals surface area contributed by atoms with E-state index in [1.54, 1.807) is 4.90 Å². The van der Waals surface area contributed by atoms with Gasteiger partial charge in [0.1, 0.15) is 5.60 Å². The molecule has 1 heterocycles. The molecule has 0 saturated carbocycles. The number of carbonyl (C=O) groups excluding carboxylic acids is 1. The minimum absolute atomic E-state index is 0.232. The monoisotopic (exact) mass is 262 g/mol. The molecule has 1 saturated heterocycles. The van der Waals surface area contributed by atoms with Crippen molar-refractivity contribution in [2.45, 2.75) is 38.7 Å². The van der Waals surface area contributed by atoms with Crippen LogP contribution >= 0.6 is 0 Å². The molecule has 1 atom stereocenters. The summed E-state index contributed by atoms with van der Waals surface area (Å²) in [4.78, 5) is 13.8. The van der Waals surface area contributed by atoms with Crippen LogP contribution in [0.2, 0.25) is 0 Å². The Hall–Kier alpha value is -1.71. The number of likely N-dealkylation sites (tertiary alicyclic amines) is 1. The number of amides is 1. The molecular formula is C15H22N2O2. The van der Waals surface area contributed by atoms with Crippen molar-refractivity contribution >= 4 is 11.8 Å². The highest BCUT2D eigenvalue weighted by atomic mass is 16.6. The highest BCUT2D eigenvalue weighted by Gasteiger charge is 2.31. The average Bonchev–Trinajstić information content (AvgIpc) is 2.76. The summed E-state index contributed by atoms with van der Waals surface area (Å²) in [5, 5.41) is 0. The highest BCUT2D eigenvalue weighted by Crippen LogP contribution is 2.31. The summed E-state index contributed by atoms with van der Waals surface area (Å²) < 4.78 is 5.39. The zero-order valence-electron chi connectivity index (χ0n) is 11.8. The Morgan fingerprint density at radius 2 is 2.05 bits per heavy atom. The van der Waals surface area contributed by atoms with Gasteiger partial charge >= 0.3 is 6.09 Å². The van der Waals surface area contributed by atoms with Crippen molar-refractivity contribution in [3.63, 3.8) is 0 Å². The van der Waals surface area contributed by atoms with E-state index in [9.17, 15) is 4.79 Å². The fourth-order valence-corrected chi connectivity index (χ4v) is 2.39. The molecule has 1 aromatic carbocycles. The molecule has 4 heteroatoms. The maximum Gasteiger partial charge on any atom is 0.410 e. The number of nitrogen functional groups attached to an aromatic ring is 1. The summed E-state index contributed by atoms with van der Waals surface area (Å²) in [6, 6.07) is 7.87. The molecule has 0 bridgehead atoms. The van der Waals surface area contributed by atoms with E-state index < -0.39 is 5.60 Å². The van der Waals surface area contributed by atoms with Gasteiger partial charge in [0, 0.05) is 24.7 Å². The smallest absolute Gasteiger partial charge is 0.410 e. The Morgan fingerprint density at radius 1 is 1.37 bits per heavy atom. The van der Waals surface area contributed by atoms with Gasteiger partial charge in [0.25, 0.3) is 0 Å². The minimum atomic E-state index is -0.444. The fourth-order valence-electron chi connectivity index (χ4n) is 2.39. The van der Waals surface area contributed by atoms with Crippen LogP contribution in [0.5, 0.6) is 0 Å². The zero-order valence-corrected chi connectivity index (χ0v) is 11.8. The van der Waals surface area contributed by atoms with Crippen molar-refractivity contribution in [1.82, 2.24) is 4.90 Å². The van der Waals surface area contributed by atoms with Gasteiger partial charge in [0.2, 0.25) is 0 Å². The number of para-hydroxylation sites is 1. The normalized spacial score (nSPS) is 19.5. The first-order valence-electron chi connectivity index (χ1n) is 6.69. The third-order valence-electron chi connectivity index (χ3n) is 3.28. The maximum atomic E-state index is 12.0. The first kappa shape index (κ1) is 13.7. The van der Waals surface area contributed by atoms with Gasteiger partial charge in [0.05, 0.1) is 0 Å². The van der Waals surface area contributed by atoms with E-state index in [1.807, 2.05) is 45.0 Å². The second-order valence-electron chi connectivity index (χ2n) is 6.04. The lowest BCUT2D eigenvalue weighted by Gasteiger charge is -2.24. The molecule has 0 unspecified atom stereocenters. The topological polar surface area (TPSA) is 55.6 Å². The van der Waals surface area contributed by atoms with Crippen LogP contribution in [0.25, 0.3) is 0 Å². The van der Waals surface area contributed by atoms with Crippen molar-refractivity contribution in [2.24, 2.45) is 0 Å². The number of anilines is 1. The van der Waals surface area contributed by atoms with Crippen LogP contribution < -0.4 is 5.73 Å². The van der Waals surface area contributed by atoms with E-state index in [4.69, 9.17) is 10.5 Å². The first-order chi connectivity index (χ1) is 8.87. The van der Waals surface area contributed by atoms with Crippen molar-refractivity contribution in [1.29, 1.82) is 0 Å². The predicted molar refractivity (Wildman–Crippen MR) is 76.0 cm³/mol. The predicted octanol–water partition coefficient (Wildman–Crippen LogP) is 2.99. The van der Waals surface area contributed by atoms with Gasteiger partial charge in [-0.3, -0.25) is 0 Å². The number of benzene rings is 1. The molecule has 2 N–H and O–H groups in total. The lowest BCUT2D eigenvalue weighted by atomic mass is 9.97. The number of rotatable bonds is 1. The summed E-state index contributed by atoms with van der Waals surface area (Å²) in [5.74, 6) is 0.314. The molecule has 1 aliphatic rings. The van der Waals surface area contributed by atoms with Gasteiger partial charge in [-0.1, -0.05) is 18.2 Å². The molecule has 4 nitrogen and oxygen atoms in total. The summed E-state index contributed by atoms with van der Waals surface area (Å²) >= 11 is 0. The Labute approximate surface area is 114 Å². The van der Waals surface area contributed by atoms with Gasteiger partial charge in [-0.2, -0.15) is 0 Å². The summed E-state index contributed by atoms with van der Waals surface area (Å²) in [6.07, 6.45) is 0.706. The van der Waals surface area contributed by atoms with Crippen molar-refractivity contribution < 1.29 is 9.53 Å². The van der Waals surface area contributed by atoms with Gasteiger partial charge in [-0.15, -0.1) is 0 Å². The van der Waals surface area contributed by atoms with E-state index in [-0.39, 0.29) is 6.09 Å². The molecule has 0 spiro atoms. The zero-order chi connectivity index (χ0) is 14.0. The van der Waals surface area contributed by atoms with Gasteiger partial charge in [-0.05, 0) is 38.8 Å². The van der Waals surface area contributed by atoms with Gasteiger partial charge in [-0.25, -0.2) is 4.79 Å². The Balaban J connectivity index is 2.01. The molecule has 1 aromatic rings. The standard InChI is InChI=1S/C15H22N2O2/c1-15(2,3)19-14(18)17-9-8-11(10-17)12-6-4-5-7-13(12)16/h4-7,11H,8-10,16H2,1-3H3/t11-/m1/s1. The molecule has 19 heavy (non-hydrogen) atoms.